The summed E-state index contributed by atoms with van der Waals surface area (Å²) in [5.74, 6) is 1.71. The average molecular weight is 324 g/mol. The van der Waals surface area contributed by atoms with Gasteiger partial charge in [0.05, 0.1) is 4.90 Å². The Morgan fingerprint density at radius 3 is 2.74 bits per heavy atom. The molecule has 5 heteroatoms. The minimum atomic E-state index is 0.0554. The van der Waals surface area contributed by atoms with Crippen molar-refractivity contribution in [2.24, 2.45) is 0 Å². The summed E-state index contributed by atoms with van der Waals surface area (Å²) >= 11 is 1.60. The number of thioether (sulfide) groups is 1. The molecular weight excluding hydrogens is 312 g/mol. The molecule has 0 saturated heterocycles. The molecule has 0 radical (unpaired) electrons. The first-order chi connectivity index (χ1) is 11.3. The van der Waals surface area contributed by atoms with E-state index in [1.807, 2.05) is 42.5 Å². The molecule has 1 N–H and O–H groups in total. The molecule has 0 aromatic heterocycles. The minimum Gasteiger partial charge on any atom is -0.507 e. The van der Waals surface area contributed by atoms with Crippen LogP contribution in [0.4, 0.5) is 0 Å². The molecule has 0 unspecified atom stereocenters. The lowest BCUT2D eigenvalue weighted by Crippen LogP contribution is -1.94. The molecule has 4 nitrogen and oxygen atoms in total. The maximum Gasteiger partial charge on any atom is 0.298 e. The first-order valence-corrected chi connectivity index (χ1v) is 8.01. The number of benzene rings is 3. The predicted molar refractivity (Wildman–Crippen MR) is 89.1 cm³/mol. The van der Waals surface area contributed by atoms with E-state index in [4.69, 9.17) is 9.47 Å². The molecule has 0 atom stereocenters. The number of hydrogen-bond donors (Lipinski definition) is 1. The number of carbonyl (C=O) groups is 1. The maximum absolute atomic E-state index is 10.9. The lowest BCUT2D eigenvalue weighted by Gasteiger charge is -2.14. The van der Waals surface area contributed by atoms with E-state index < -0.39 is 0 Å². The van der Waals surface area contributed by atoms with Gasteiger partial charge < -0.3 is 14.6 Å². The summed E-state index contributed by atoms with van der Waals surface area (Å²) in [5.41, 5.74) is 1.69. The zero-order valence-corrected chi connectivity index (χ0v) is 12.8. The number of carbonyl (C=O) groups excluding carboxylic acids is 1. The van der Waals surface area contributed by atoms with Gasteiger partial charge in [0.1, 0.15) is 23.2 Å². The molecule has 4 rings (SSSR count). The standard InChI is InChI=1S/C18H12O4S/c19-9-21-16-8-14(20)12-6-15-17(23-10-22-15)7-13(12)18(16)11-4-2-1-3-5-11/h1-9,20H,10H2. The molecule has 1 aliphatic heterocycles. The van der Waals surface area contributed by atoms with Gasteiger partial charge in [-0.15, -0.1) is 0 Å². The number of aromatic hydroxyl groups is 1. The number of hydrogen-bond acceptors (Lipinski definition) is 5. The Balaban J connectivity index is 2.09. The Hall–Kier alpha value is -2.66. The van der Waals surface area contributed by atoms with Gasteiger partial charge >= 0.3 is 0 Å². The number of rotatable bonds is 3. The van der Waals surface area contributed by atoms with Gasteiger partial charge in [0.2, 0.25) is 0 Å². The van der Waals surface area contributed by atoms with Crippen molar-refractivity contribution in [1.29, 1.82) is 0 Å². The van der Waals surface area contributed by atoms with Crippen molar-refractivity contribution in [3.63, 3.8) is 0 Å². The monoisotopic (exact) mass is 324 g/mol. The van der Waals surface area contributed by atoms with Crippen LogP contribution in [0.25, 0.3) is 21.9 Å². The van der Waals surface area contributed by atoms with E-state index >= 15 is 0 Å². The molecule has 0 fully saturated rings. The van der Waals surface area contributed by atoms with Gasteiger partial charge in [0, 0.05) is 17.0 Å². The van der Waals surface area contributed by atoms with Crippen molar-refractivity contribution in [3.8, 4) is 28.4 Å². The Morgan fingerprint density at radius 2 is 1.96 bits per heavy atom. The van der Waals surface area contributed by atoms with Gasteiger partial charge in [-0.05, 0) is 23.1 Å². The van der Waals surface area contributed by atoms with Crippen molar-refractivity contribution in [3.05, 3.63) is 48.5 Å². The van der Waals surface area contributed by atoms with E-state index in [9.17, 15) is 9.90 Å². The SMILES string of the molecule is O=COc1cc(O)c2cc3c(cc2c1-c1ccccc1)SCO3. The van der Waals surface area contributed by atoms with Crippen LogP contribution in [0.15, 0.2) is 53.4 Å². The Morgan fingerprint density at radius 1 is 1.13 bits per heavy atom. The highest BCUT2D eigenvalue weighted by Crippen LogP contribution is 2.47. The van der Waals surface area contributed by atoms with E-state index in [0.717, 1.165) is 27.2 Å². The average Bonchev–Trinajstić information content (AvgIpc) is 3.02. The Bertz CT molecular complexity index is 906. The smallest absolute Gasteiger partial charge is 0.298 e. The summed E-state index contributed by atoms with van der Waals surface area (Å²) in [6.45, 7) is 0.373. The molecule has 0 bridgehead atoms. The van der Waals surface area contributed by atoms with Gasteiger partial charge in [0.25, 0.3) is 6.47 Å². The molecule has 0 aliphatic carbocycles. The van der Waals surface area contributed by atoms with Crippen LogP contribution in [0.1, 0.15) is 0 Å². The summed E-state index contributed by atoms with van der Waals surface area (Å²) < 4.78 is 10.7. The van der Waals surface area contributed by atoms with E-state index in [-0.39, 0.29) is 5.75 Å². The molecule has 0 spiro atoms. The third-order valence-electron chi connectivity index (χ3n) is 3.81. The van der Waals surface area contributed by atoms with E-state index in [1.54, 1.807) is 11.8 Å². The number of phenolic OH excluding ortho intramolecular Hbond substituents is 1. The number of phenols is 1. The topological polar surface area (TPSA) is 55.8 Å². The van der Waals surface area contributed by atoms with Crippen LogP contribution in [0.2, 0.25) is 0 Å². The third-order valence-corrected chi connectivity index (χ3v) is 4.68. The molecule has 3 aromatic carbocycles. The van der Waals surface area contributed by atoms with Gasteiger partial charge in [-0.1, -0.05) is 42.1 Å². The molecule has 114 valence electrons. The normalized spacial score (nSPS) is 12.7. The first kappa shape index (κ1) is 14.0. The van der Waals surface area contributed by atoms with Crippen LogP contribution in [-0.2, 0) is 4.79 Å². The first-order valence-electron chi connectivity index (χ1n) is 7.03. The fourth-order valence-corrected chi connectivity index (χ4v) is 3.59. The summed E-state index contributed by atoms with van der Waals surface area (Å²) in [4.78, 5) is 11.9. The summed E-state index contributed by atoms with van der Waals surface area (Å²) in [7, 11) is 0. The second-order valence-corrected chi connectivity index (χ2v) is 6.06. The lowest BCUT2D eigenvalue weighted by atomic mass is 9.96. The summed E-state index contributed by atoms with van der Waals surface area (Å²) in [6, 6.07) is 14.9. The minimum absolute atomic E-state index is 0.0554. The van der Waals surface area contributed by atoms with Crippen molar-refractivity contribution in [1.82, 2.24) is 0 Å². The lowest BCUT2D eigenvalue weighted by molar-refractivity contribution is -0.120. The number of fused-ring (bicyclic) bond motifs is 2. The van der Waals surface area contributed by atoms with Gasteiger partial charge in [-0.25, -0.2) is 0 Å². The zero-order valence-electron chi connectivity index (χ0n) is 12.0. The molecule has 0 saturated carbocycles. The van der Waals surface area contributed by atoms with Gasteiger partial charge in [-0.2, -0.15) is 0 Å². The van der Waals surface area contributed by atoms with Crippen molar-refractivity contribution in [2.45, 2.75) is 4.90 Å². The highest BCUT2D eigenvalue weighted by molar-refractivity contribution is 7.99. The van der Waals surface area contributed by atoms with Crippen LogP contribution in [0.5, 0.6) is 17.2 Å². The van der Waals surface area contributed by atoms with Crippen LogP contribution < -0.4 is 9.47 Å². The molecule has 1 heterocycles. The van der Waals surface area contributed by atoms with Crippen molar-refractivity contribution in [2.75, 3.05) is 5.94 Å². The molecular formula is C18H12O4S. The van der Waals surface area contributed by atoms with E-state index in [0.29, 0.717) is 23.5 Å². The molecule has 1 aliphatic rings. The fraction of sp³-hybridized carbons (Fsp3) is 0.0556. The highest BCUT2D eigenvalue weighted by Gasteiger charge is 2.20. The fourth-order valence-electron chi connectivity index (χ4n) is 2.81. The van der Waals surface area contributed by atoms with Gasteiger partial charge in [-0.3, -0.25) is 4.79 Å². The van der Waals surface area contributed by atoms with E-state index in [2.05, 4.69) is 0 Å². The second kappa shape index (κ2) is 5.52. The highest BCUT2D eigenvalue weighted by atomic mass is 32.2. The van der Waals surface area contributed by atoms with Crippen LogP contribution in [0.3, 0.4) is 0 Å². The van der Waals surface area contributed by atoms with Crippen LogP contribution in [-0.4, -0.2) is 17.5 Å². The van der Waals surface area contributed by atoms with Gasteiger partial charge in [0.15, 0.2) is 0 Å². The van der Waals surface area contributed by atoms with Crippen LogP contribution >= 0.6 is 11.8 Å². The van der Waals surface area contributed by atoms with E-state index in [1.165, 1.54) is 6.07 Å². The predicted octanol–water partition coefficient (Wildman–Crippen LogP) is 4.19. The van der Waals surface area contributed by atoms with Crippen molar-refractivity contribution >= 4 is 29.0 Å². The third kappa shape index (κ3) is 2.29. The van der Waals surface area contributed by atoms with Crippen molar-refractivity contribution < 1.29 is 19.4 Å². The second-order valence-electron chi connectivity index (χ2n) is 5.10. The zero-order chi connectivity index (χ0) is 15.8. The Labute approximate surface area is 136 Å². The largest absolute Gasteiger partial charge is 0.507 e. The quantitative estimate of drug-likeness (QED) is 0.732. The molecule has 23 heavy (non-hydrogen) atoms. The number of ether oxygens (including phenoxy) is 2. The van der Waals surface area contributed by atoms with Crippen LogP contribution in [0, 0.1) is 0 Å². The summed E-state index contributed by atoms with van der Waals surface area (Å²) in [6.07, 6.45) is 0. The molecule has 0 amide bonds. The molecule has 3 aromatic rings. The Kier molecular flexibility index (Phi) is 3.35. The maximum atomic E-state index is 10.9. The summed E-state index contributed by atoms with van der Waals surface area (Å²) in [5, 5.41) is 11.8.